The van der Waals surface area contributed by atoms with Crippen molar-refractivity contribution in [1.82, 2.24) is 4.98 Å². The number of fused-ring (bicyclic) bond motifs is 1. The van der Waals surface area contributed by atoms with Gasteiger partial charge in [-0.25, -0.2) is 0 Å². The first-order valence-corrected chi connectivity index (χ1v) is 6.07. The molecule has 0 amide bonds. The summed E-state index contributed by atoms with van der Waals surface area (Å²) >= 11 is 0.946. The van der Waals surface area contributed by atoms with E-state index in [1.54, 1.807) is 6.07 Å². The molecule has 0 fully saturated rings. The van der Waals surface area contributed by atoms with Gasteiger partial charge in [-0.15, -0.1) is 0 Å². The van der Waals surface area contributed by atoms with Crippen molar-refractivity contribution in [1.29, 1.82) is 0 Å². The number of carbonyl (C=O) groups is 1. The number of benzene rings is 1. The van der Waals surface area contributed by atoms with Crippen LogP contribution in [0.2, 0.25) is 0 Å². The first-order chi connectivity index (χ1) is 8.52. The third kappa shape index (κ3) is 2.28. The van der Waals surface area contributed by atoms with Crippen LogP contribution in [0.5, 0.6) is 5.75 Å². The minimum atomic E-state index is -0.856. The molecule has 1 atom stereocenters. The van der Waals surface area contributed by atoms with Crippen molar-refractivity contribution in [3.05, 3.63) is 27.4 Å². The molecule has 0 spiro atoms. The Morgan fingerprint density at radius 2 is 2.33 bits per heavy atom. The second-order valence-corrected chi connectivity index (χ2v) is 4.70. The van der Waals surface area contributed by atoms with E-state index >= 15 is 0 Å². The number of ether oxygens (including phenoxy) is 1. The third-order valence-electron chi connectivity index (χ3n) is 2.41. The number of rotatable bonds is 3. The van der Waals surface area contributed by atoms with Crippen LogP contribution in [0.3, 0.4) is 0 Å². The van der Waals surface area contributed by atoms with E-state index in [2.05, 4.69) is 4.98 Å². The summed E-state index contributed by atoms with van der Waals surface area (Å²) in [6.07, 6.45) is -0.856. The number of nitrogens with two attached hydrogens (primary N) is 1. The van der Waals surface area contributed by atoms with Gasteiger partial charge < -0.3 is 20.6 Å². The molecule has 4 N–H and O–H groups in total. The van der Waals surface area contributed by atoms with Gasteiger partial charge in [-0.05, 0) is 6.07 Å². The molecule has 1 aromatic carbocycles. The number of aliphatic hydroxyl groups excluding tert-OH is 1. The summed E-state index contributed by atoms with van der Waals surface area (Å²) in [5, 5.41) is 9.77. The molecule has 0 aliphatic rings. The summed E-state index contributed by atoms with van der Waals surface area (Å²) < 4.78 is 5.55. The molecule has 96 valence electrons. The molecule has 0 radical (unpaired) electrons. The van der Waals surface area contributed by atoms with Gasteiger partial charge in [-0.1, -0.05) is 17.4 Å². The smallest absolute Gasteiger partial charge is 0.308 e. The SMILES string of the molecule is CC(=O)Oc1ccc(C(O)CN)c2sc(=O)[nH]c12. The van der Waals surface area contributed by atoms with E-state index in [-0.39, 0.29) is 17.2 Å². The number of hydrogen-bond acceptors (Lipinski definition) is 6. The number of aromatic nitrogens is 1. The molecule has 1 aromatic heterocycles. The van der Waals surface area contributed by atoms with Crippen LogP contribution < -0.4 is 15.3 Å². The molecule has 6 nitrogen and oxygen atoms in total. The number of aromatic amines is 1. The van der Waals surface area contributed by atoms with E-state index in [9.17, 15) is 14.7 Å². The molecular weight excluding hydrogens is 256 g/mol. The second kappa shape index (κ2) is 4.89. The Labute approximate surface area is 106 Å². The average Bonchev–Trinajstić information content (AvgIpc) is 2.69. The van der Waals surface area contributed by atoms with Crippen molar-refractivity contribution in [2.75, 3.05) is 6.54 Å². The van der Waals surface area contributed by atoms with Crippen LogP contribution >= 0.6 is 11.3 Å². The molecule has 2 rings (SSSR count). The van der Waals surface area contributed by atoms with Gasteiger partial charge in [0.1, 0.15) is 5.52 Å². The highest BCUT2D eigenvalue weighted by Gasteiger charge is 2.16. The molecule has 0 aliphatic heterocycles. The number of H-pyrrole nitrogens is 1. The van der Waals surface area contributed by atoms with Crippen LogP contribution in [0.4, 0.5) is 0 Å². The molecule has 1 heterocycles. The number of thiazole rings is 1. The van der Waals surface area contributed by atoms with Crippen LogP contribution in [0, 0.1) is 0 Å². The number of hydrogen-bond donors (Lipinski definition) is 3. The lowest BCUT2D eigenvalue weighted by molar-refractivity contribution is -0.131. The summed E-state index contributed by atoms with van der Waals surface area (Å²) in [6.45, 7) is 1.33. The second-order valence-electron chi connectivity index (χ2n) is 3.72. The summed E-state index contributed by atoms with van der Waals surface area (Å²) in [6, 6.07) is 3.13. The number of nitrogens with one attached hydrogen (secondary N) is 1. The fourth-order valence-corrected chi connectivity index (χ4v) is 2.57. The highest BCUT2D eigenvalue weighted by Crippen LogP contribution is 2.31. The molecule has 2 aromatic rings. The van der Waals surface area contributed by atoms with Gasteiger partial charge in [0.15, 0.2) is 5.75 Å². The molecule has 0 saturated heterocycles. The van der Waals surface area contributed by atoms with Gasteiger partial charge >= 0.3 is 10.8 Å². The predicted octanol–water partition coefficient (Wildman–Crippen LogP) is 0.507. The molecule has 18 heavy (non-hydrogen) atoms. The Balaban J connectivity index is 2.65. The fraction of sp³-hybridized carbons (Fsp3) is 0.273. The highest BCUT2D eigenvalue weighted by molar-refractivity contribution is 7.16. The number of aliphatic hydroxyl groups is 1. The average molecular weight is 268 g/mol. The maximum absolute atomic E-state index is 11.4. The van der Waals surface area contributed by atoms with Gasteiger partial charge in [0.05, 0.1) is 10.8 Å². The van der Waals surface area contributed by atoms with E-state index in [1.165, 1.54) is 13.0 Å². The Morgan fingerprint density at radius 1 is 1.61 bits per heavy atom. The summed E-state index contributed by atoms with van der Waals surface area (Å²) in [5.74, 6) is -0.209. The lowest BCUT2D eigenvalue weighted by Crippen LogP contribution is -2.11. The van der Waals surface area contributed by atoms with E-state index in [4.69, 9.17) is 10.5 Å². The van der Waals surface area contributed by atoms with Gasteiger partial charge in [0.25, 0.3) is 0 Å². The minimum absolute atomic E-state index is 0.0497. The molecule has 0 aliphatic carbocycles. The first kappa shape index (κ1) is 12.7. The quantitative estimate of drug-likeness (QED) is 0.555. The minimum Gasteiger partial charge on any atom is -0.424 e. The van der Waals surface area contributed by atoms with Crippen molar-refractivity contribution >= 4 is 27.5 Å². The predicted molar refractivity (Wildman–Crippen MR) is 67.8 cm³/mol. The third-order valence-corrected chi connectivity index (χ3v) is 3.34. The van der Waals surface area contributed by atoms with Crippen molar-refractivity contribution in [3.8, 4) is 5.75 Å². The summed E-state index contributed by atoms with van der Waals surface area (Å²) in [7, 11) is 0. The largest absolute Gasteiger partial charge is 0.424 e. The summed E-state index contributed by atoms with van der Waals surface area (Å²) in [4.78, 5) is 24.7. The van der Waals surface area contributed by atoms with Gasteiger partial charge in [0.2, 0.25) is 0 Å². The molecule has 7 heteroatoms. The Morgan fingerprint density at radius 3 is 2.94 bits per heavy atom. The molecular formula is C11H12N2O4S. The Kier molecular flexibility index (Phi) is 3.46. The van der Waals surface area contributed by atoms with Crippen LogP contribution in [-0.4, -0.2) is 22.6 Å². The van der Waals surface area contributed by atoms with E-state index < -0.39 is 12.1 Å². The van der Waals surface area contributed by atoms with Gasteiger partial charge in [-0.2, -0.15) is 0 Å². The zero-order valence-corrected chi connectivity index (χ0v) is 10.4. The maximum atomic E-state index is 11.4. The van der Waals surface area contributed by atoms with E-state index in [0.717, 1.165) is 11.3 Å². The lowest BCUT2D eigenvalue weighted by Gasteiger charge is -2.10. The Bertz CT molecular complexity index is 646. The lowest BCUT2D eigenvalue weighted by atomic mass is 10.1. The fourth-order valence-electron chi connectivity index (χ4n) is 1.66. The molecule has 1 unspecified atom stereocenters. The molecule has 0 bridgehead atoms. The topological polar surface area (TPSA) is 105 Å². The first-order valence-electron chi connectivity index (χ1n) is 5.25. The van der Waals surface area contributed by atoms with Crippen LogP contribution in [0.1, 0.15) is 18.6 Å². The van der Waals surface area contributed by atoms with Crippen LogP contribution in [-0.2, 0) is 4.79 Å². The van der Waals surface area contributed by atoms with Crippen molar-refractivity contribution in [2.24, 2.45) is 5.73 Å². The van der Waals surface area contributed by atoms with Crippen LogP contribution in [0.15, 0.2) is 16.9 Å². The molecule has 0 saturated carbocycles. The van der Waals surface area contributed by atoms with Gasteiger partial charge in [0, 0.05) is 19.0 Å². The Hall–Kier alpha value is -1.70. The monoisotopic (exact) mass is 268 g/mol. The standard InChI is InChI=1S/C11H12N2O4S/c1-5(14)17-8-3-2-6(7(15)4-12)10-9(8)13-11(16)18-10/h2-3,7,15H,4,12H2,1H3,(H,13,16). The normalized spacial score (nSPS) is 12.6. The summed E-state index contributed by atoms with van der Waals surface area (Å²) in [5.41, 5.74) is 6.36. The maximum Gasteiger partial charge on any atom is 0.308 e. The number of carbonyl (C=O) groups excluding carboxylic acids is 1. The zero-order chi connectivity index (χ0) is 13.3. The zero-order valence-electron chi connectivity index (χ0n) is 9.60. The highest BCUT2D eigenvalue weighted by atomic mass is 32.1. The van der Waals surface area contributed by atoms with Crippen LogP contribution in [0.25, 0.3) is 10.2 Å². The number of esters is 1. The van der Waals surface area contributed by atoms with Crippen molar-refractivity contribution < 1.29 is 14.6 Å². The van der Waals surface area contributed by atoms with Gasteiger partial charge in [-0.3, -0.25) is 9.59 Å². The van der Waals surface area contributed by atoms with E-state index in [1.807, 2.05) is 0 Å². The van der Waals surface area contributed by atoms with Crippen molar-refractivity contribution in [3.63, 3.8) is 0 Å². The van der Waals surface area contributed by atoms with Crippen molar-refractivity contribution in [2.45, 2.75) is 13.0 Å². The van der Waals surface area contributed by atoms with E-state index in [0.29, 0.717) is 15.8 Å².